The first-order valence-electron chi connectivity index (χ1n) is 9.64. The molecule has 0 saturated carbocycles. The molecule has 3 aromatic rings. The fraction of sp³-hybridized carbons (Fsp3) is 0.350. The summed E-state index contributed by atoms with van der Waals surface area (Å²) in [4.78, 5) is 45.8. The van der Waals surface area contributed by atoms with Crippen LogP contribution < -0.4 is 5.56 Å². The molecule has 1 fully saturated rings. The summed E-state index contributed by atoms with van der Waals surface area (Å²) in [5.74, 6) is -0.327. The molecule has 9 nitrogen and oxygen atoms in total. The summed E-state index contributed by atoms with van der Waals surface area (Å²) in [6, 6.07) is 6.94. The summed E-state index contributed by atoms with van der Waals surface area (Å²) in [6.45, 7) is 1.76. The number of hydrogen-bond acceptors (Lipinski definition) is 5. The summed E-state index contributed by atoms with van der Waals surface area (Å²) < 4.78 is 2.81. The number of halogens is 1. The van der Waals surface area contributed by atoms with Gasteiger partial charge >= 0.3 is 0 Å². The number of hydrogen-bond donors (Lipinski definition) is 0. The topological polar surface area (TPSA) is 93.3 Å². The van der Waals surface area contributed by atoms with E-state index >= 15 is 0 Å². The fourth-order valence-corrected chi connectivity index (χ4v) is 3.82. The molecular weight excluding hydrogens is 408 g/mol. The Labute approximate surface area is 177 Å². The fourth-order valence-electron chi connectivity index (χ4n) is 3.60. The molecule has 156 valence electrons. The van der Waals surface area contributed by atoms with Gasteiger partial charge in [-0.3, -0.25) is 23.6 Å². The normalized spacial score (nSPS) is 14.7. The third-order valence-electron chi connectivity index (χ3n) is 5.26. The van der Waals surface area contributed by atoms with Gasteiger partial charge in [0.05, 0.1) is 16.8 Å². The minimum absolute atomic E-state index is 0.102. The number of carbonyl (C=O) groups is 2. The maximum absolute atomic E-state index is 12.8. The van der Waals surface area contributed by atoms with Crippen molar-refractivity contribution in [3.05, 3.63) is 57.7 Å². The van der Waals surface area contributed by atoms with Crippen LogP contribution in [0.25, 0.3) is 11.0 Å². The molecule has 10 heteroatoms. The van der Waals surface area contributed by atoms with Crippen LogP contribution in [0.15, 0.2) is 41.6 Å². The molecule has 0 N–H and O–H groups in total. The van der Waals surface area contributed by atoms with Gasteiger partial charge in [-0.2, -0.15) is 5.10 Å². The standard InChI is InChI=1S/C20H21ClN6O3/c1-24-18-15(11-23-24)20(30)27(13-22-18)12-17(28)25-7-4-8-26(10-9-25)19(29)14-5-2-3-6-16(14)21/h2-3,5-6,11,13H,4,7-10,12H2,1H3. The molecule has 2 amide bonds. The number of fused-ring (bicyclic) bond motifs is 1. The van der Waals surface area contributed by atoms with Crippen molar-refractivity contribution in [2.24, 2.45) is 7.05 Å². The Balaban J connectivity index is 1.44. The van der Waals surface area contributed by atoms with Crippen molar-refractivity contribution < 1.29 is 9.59 Å². The van der Waals surface area contributed by atoms with Crippen molar-refractivity contribution in [3.8, 4) is 0 Å². The zero-order valence-electron chi connectivity index (χ0n) is 16.5. The monoisotopic (exact) mass is 428 g/mol. The number of carbonyl (C=O) groups excluding carboxylic acids is 2. The first-order valence-corrected chi connectivity index (χ1v) is 10.0. The van der Waals surface area contributed by atoms with Crippen LogP contribution in [0.4, 0.5) is 0 Å². The SMILES string of the molecule is Cn1ncc2c(=O)n(CC(=O)N3CCCN(C(=O)c4ccccc4Cl)CC3)cnc21. The number of aromatic nitrogens is 4. The van der Waals surface area contributed by atoms with Gasteiger partial charge in [-0.05, 0) is 18.6 Å². The zero-order valence-corrected chi connectivity index (χ0v) is 17.2. The molecule has 1 aromatic carbocycles. The van der Waals surface area contributed by atoms with E-state index in [1.54, 1.807) is 41.1 Å². The van der Waals surface area contributed by atoms with Crippen molar-refractivity contribution in [2.75, 3.05) is 26.2 Å². The highest BCUT2D eigenvalue weighted by atomic mass is 35.5. The van der Waals surface area contributed by atoms with Gasteiger partial charge in [-0.15, -0.1) is 0 Å². The Hall–Kier alpha value is -3.20. The molecular formula is C20H21ClN6O3. The van der Waals surface area contributed by atoms with Crippen LogP contribution in [0.3, 0.4) is 0 Å². The van der Waals surface area contributed by atoms with Gasteiger partial charge in [-0.25, -0.2) is 4.98 Å². The van der Waals surface area contributed by atoms with Gasteiger partial charge in [-0.1, -0.05) is 23.7 Å². The average Bonchev–Trinajstić information content (AvgIpc) is 2.96. The predicted octanol–water partition coefficient (Wildman–Crippen LogP) is 1.16. The van der Waals surface area contributed by atoms with Gasteiger partial charge in [0.25, 0.3) is 11.5 Å². The van der Waals surface area contributed by atoms with E-state index < -0.39 is 0 Å². The molecule has 2 aromatic heterocycles. The van der Waals surface area contributed by atoms with Crippen LogP contribution >= 0.6 is 11.6 Å². The maximum atomic E-state index is 12.8. The highest BCUT2D eigenvalue weighted by Crippen LogP contribution is 2.18. The lowest BCUT2D eigenvalue weighted by Crippen LogP contribution is -2.40. The molecule has 1 aliphatic rings. The Morgan fingerprint density at radius 2 is 1.83 bits per heavy atom. The third kappa shape index (κ3) is 3.80. The molecule has 0 unspecified atom stereocenters. The lowest BCUT2D eigenvalue weighted by molar-refractivity contribution is -0.131. The molecule has 0 aliphatic carbocycles. The summed E-state index contributed by atoms with van der Waals surface area (Å²) in [6.07, 6.45) is 3.47. The number of benzene rings is 1. The van der Waals surface area contributed by atoms with Gasteiger partial charge in [0.2, 0.25) is 5.91 Å². The van der Waals surface area contributed by atoms with E-state index in [0.717, 1.165) is 0 Å². The van der Waals surface area contributed by atoms with Crippen molar-refractivity contribution in [1.82, 2.24) is 29.1 Å². The number of rotatable bonds is 3. The largest absolute Gasteiger partial charge is 0.339 e. The lowest BCUT2D eigenvalue weighted by Gasteiger charge is -2.22. The zero-order chi connectivity index (χ0) is 21.3. The van der Waals surface area contributed by atoms with Crippen LogP contribution in [0.5, 0.6) is 0 Å². The second-order valence-corrected chi connectivity index (χ2v) is 7.60. The summed E-state index contributed by atoms with van der Waals surface area (Å²) in [5.41, 5.74) is 0.639. The Morgan fingerprint density at radius 1 is 1.10 bits per heavy atom. The van der Waals surface area contributed by atoms with Gasteiger partial charge in [0, 0.05) is 33.2 Å². The molecule has 0 spiro atoms. The van der Waals surface area contributed by atoms with E-state index in [1.165, 1.54) is 21.8 Å². The maximum Gasteiger partial charge on any atom is 0.264 e. The first-order chi connectivity index (χ1) is 14.5. The minimum Gasteiger partial charge on any atom is -0.339 e. The van der Waals surface area contributed by atoms with Crippen molar-refractivity contribution >= 4 is 34.4 Å². The van der Waals surface area contributed by atoms with Crippen LogP contribution in [-0.2, 0) is 18.4 Å². The minimum atomic E-state index is -0.299. The van der Waals surface area contributed by atoms with Crippen molar-refractivity contribution in [3.63, 3.8) is 0 Å². The number of amides is 2. The highest BCUT2D eigenvalue weighted by molar-refractivity contribution is 6.33. The first kappa shape index (κ1) is 20.1. The number of aryl methyl sites for hydroxylation is 1. The average molecular weight is 429 g/mol. The Morgan fingerprint density at radius 3 is 2.63 bits per heavy atom. The molecule has 1 saturated heterocycles. The Kier molecular flexibility index (Phi) is 5.54. The predicted molar refractivity (Wildman–Crippen MR) is 111 cm³/mol. The summed E-state index contributed by atoms with van der Waals surface area (Å²) >= 11 is 6.15. The molecule has 4 rings (SSSR count). The van der Waals surface area contributed by atoms with Crippen LogP contribution in [-0.4, -0.2) is 67.1 Å². The van der Waals surface area contributed by atoms with E-state index in [4.69, 9.17) is 11.6 Å². The van der Waals surface area contributed by atoms with Crippen LogP contribution in [0.2, 0.25) is 5.02 Å². The van der Waals surface area contributed by atoms with Crippen molar-refractivity contribution in [1.29, 1.82) is 0 Å². The molecule has 0 atom stereocenters. The van der Waals surface area contributed by atoms with E-state index in [1.807, 2.05) is 0 Å². The van der Waals surface area contributed by atoms with Gasteiger partial charge in [0.1, 0.15) is 18.3 Å². The molecule has 0 radical (unpaired) electrons. The second kappa shape index (κ2) is 8.27. The van der Waals surface area contributed by atoms with E-state index in [-0.39, 0.29) is 23.9 Å². The van der Waals surface area contributed by atoms with Gasteiger partial charge < -0.3 is 9.80 Å². The molecule has 1 aliphatic heterocycles. The van der Waals surface area contributed by atoms with Crippen molar-refractivity contribution in [2.45, 2.75) is 13.0 Å². The van der Waals surface area contributed by atoms with Crippen LogP contribution in [0, 0.1) is 0 Å². The quantitative estimate of drug-likeness (QED) is 0.624. The summed E-state index contributed by atoms with van der Waals surface area (Å²) in [7, 11) is 1.71. The van der Waals surface area contributed by atoms with Gasteiger partial charge in [0.15, 0.2) is 5.65 Å². The third-order valence-corrected chi connectivity index (χ3v) is 5.59. The molecule has 3 heterocycles. The lowest BCUT2D eigenvalue weighted by atomic mass is 10.2. The Bertz CT molecular complexity index is 1170. The van der Waals surface area contributed by atoms with E-state index in [0.29, 0.717) is 54.2 Å². The second-order valence-electron chi connectivity index (χ2n) is 7.19. The van der Waals surface area contributed by atoms with E-state index in [9.17, 15) is 14.4 Å². The van der Waals surface area contributed by atoms with Crippen LogP contribution in [0.1, 0.15) is 16.8 Å². The summed E-state index contributed by atoms with van der Waals surface area (Å²) in [5, 5.41) is 4.82. The highest BCUT2D eigenvalue weighted by Gasteiger charge is 2.24. The molecule has 0 bridgehead atoms. The smallest absolute Gasteiger partial charge is 0.264 e. The van der Waals surface area contributed by atoms with E-state index in [2.05, 4.69) is 10.1 Å². The number of nitrogens with zero attached hydrogens (tertiary/aromatic N) is 6. The molecule has 30 heavy (non-hydrogen) atoms.